The van der Waals surface area contributed by atoms with Gasteiger partial charge in [0.1, 0.15) is 0 Å². The van der Waals surface area contributed by atoms with Crippen LogP contribution in [0.1, 0.15) is 40.0 Å². The van der Waals surface area contributed by atoms with Crippen LogP contribution in [0, 0.1) is 0 Å². The summed E-state index contributed by atoms with van der Waals surface area (Å²) in [5.41, 5.74) is 0.195. The quantitative estimate of drug-likeness (QED) is 0.660. The summed E-state index contributed by atoms with van der Waals surface area (Å²) >= 11 is 5.08. The Balaban J connectivity index is 4.19. The van der Waals surface area contributed by atoms with Crippen molar-refractivity contribution in [1.29, 1.82) is 0 Å². The van der Waals surface area contributed by atoms with E-state index >= 15 is 0 Å². The molecule has 0 atom stereocenters. The average Bonchev–Trinajstić information content (AvgIpc) is 2.14. The van der Waals surface area contributed by atoms with Gasteiger partial charge in [0, 0.05) is 12.6 Å². The van der Waals surface area contributed by atoms with Crippen molar-refractivity contribution in [1.82, 2.24) is 10.6 Å². The minimum absolute atomic E-state index is 0.195. The molecule has 0 spiro atoms. The van der Waals surface area contributed by atoms with Crippen molar-refractivity contribution in [2.24, 2.45) is 0 Å². The fourth-order valence-electron chi connectivity index (χ4n) is 1.32. The molecule has 0 heterocycles. The van der Waals surface area contributed by atoms with E-state index in [0.29, 0.717) is 0 Å². The smallest absolute Gasteiger partial charge is 0.166 e. The molecule has 0 rings (SSSR count). The van der Waals surface area contributed by atoms with Crippen LogP contribution in [0.5, 0.6) is 0 Å². The Labute approximate surface area is 81.1 Å². The zero-order valence-electron chi connectivity index (χ0n) is 8.53. The topological polar surface area (TPSA) is 24.1 Å². The lowest BCUT2D eigenvalue weighted by Crippen LogP contribution is -2.50. The first kappa shape index (κ1) is 11.7. The standard InChI is InChI=1S/C9H20N2S/c1-5-9(6-2,7-3)11-8(12)10-4/h5-7H2,1-4H3,(H2,10,11,12). The van der Waals surface area contributed by atoms with Crippen molar-refractivity contribution in [3.05, 3.63) is 0 Å². The van der Waals surface area contributed by atoms with E-state index in [0.717, 1.165) is 24.4 Å². The molecule has 0 aliphatic heterocycles. The van der Waals surface area contributed by atoms with Crippen LogP contribution >= 0.6 is 12.2 Å². The fourth-order valence-corrected chi connectivity index (χ4v) is 1.54. The zero-order chi connectivity index (χ0) is 9.61. The van der Waals surface area contributed by atoms with E-state index in [1.807, 2.05) is 7.05 Å². The maximum atomic E-state index is 5.08. The lowest BCUT2D eigenvalue weighted by atomic mass is 9.90. The molecule has 0 bridgehead atoms. The highest BCUT2D eigenvalue weighted by Crippen LogP contribution is 2.18. The molecule has 0 fully saturated rings. The lowest BCUT2D eigenvalue weighted by Gasteiger charge is -2.32. The van der Waals surface area contributed by atoms with E-state index in [9.17, 15) is 0 Å². The summed E-state index contributed by atoms with van der Waals surface area (Å²) in [5.74, 6) is 0. The van der Waals surface area contributed by atoms with E-state index in [4.69, 9.17) is 12.2 Å². The van der Waals surface area contributed by atoms with Crippen LogP contribution in [-0.2, 0) is 0 Å². The highest BCUT2D eigenvalue weighted by molar-refractivity contribution is 7.80. The minimum Gasteiger partial charge on any atom is -0.366 e. The van der Waals surface area contributed by atoms with Crippen LogP contribution in [0.4, 0.5) is 0 Å². The van der Waals surface area contributed by atoms with E-state index in [1.54, 1.807) is 0 Å². The molecule has 2 N–H and O–H groups in total. The third-order valence-corrected chi connectivity index (χ3v) is 2.94. The molecule has 0 amide bonds. The predicted molar refractivity (Wildman–Crippen MR) is 58.4 cm³/mol. The van der Waals surface area contributed by atoms with Crippen LogP contribution < -0.4 is 10.6 Å². The Bertz CT molecular complexity index is 133. The van der Waals surface area contributed by atoms with E-state index in [1.165, 1.54) is 0 Å². The molecule has 2 nitrogen and oxygen atoms in total. The molecule has 0 unspecified atom stereocenters. The first-order valence-corrected chi connectivity index (χ1v) is 5.04. The van der Waals surface area contributed by atoms with Gasteiger partial charge in [0.2, 0.25) is 0 Å². The second-order valence-electron chi connectivity index (χ2n) is 3.05. The molecule has 0 aromatic heterocycles. The van der Waals surface area contributed by atoms with E-state index in [2.05, 4.69) is 31.4 Å². The van der Waals surface area contributed by atoms with Crippen LogP contribution in [0.25, 0.3) is 0 Å². The van der Waals surface area contributed by atoms with Gasteiger partial charge in [-0.2, -0.15) is 0 Å². The number of rotatable bonds is 4. The normalized spacial score (nSPS) is 11.0. The second-order valence-corrected chi connectivity index (χ2v) is 3.45. The van der Waals surface area contributed by atoms with Gasteiger partial charge in [0.15, 0.2) is 5.11 Å². The molecule has 0 aliphatic rings. The molecule has 0 aliphatic carbocycles. The van der Waals surface area contributed by atoms with Crippen LogP contribution in [0.3, 0.4) is 0 Å². The highest BCUT2D eigenvalue weighted by Gasteiger charge is 2.23. The third kappa shape index (κ3) is 2.97. The first-order chi connectivity index (χ1) is 5.64. The molecule has 0 radical (unpaired) electrons. The molecule has 72 valence electrons. The van der Waals surface area contributed by atoms with Crippen LogP contribution in [-0.4, -0.2) is 17.7 Å². The monoisotopic (exact) mass is 188 g/mol. The molecule has 0 saturated heterocycles. The molecule has 0 aromatic carbocycles. The molecule has 3 heteroatoms. The van der Waals surface area contributed by atoms with Gasteiger partial charge < -0.3 is 10.6 Å². The number of hydrogen-bond donors (Lipinski definition) is 2. The number of hydrogen-bond acceptors (Lipinski definition) is 1. The Morgan fingerprint density at radius 1 is 1.17 bits per heavy atom. The average molecular weight is 188 g/mol. The third-order valence-electron chi connectivity index (χ3n) is 2.64. The van der Waals surface area contributed by atoms with E-state index in [-0.39, 0.29) is 5.54 Å². The van der Waals surface area contributed by atoms with Crippen molar-refractivity contribution in [2.75, 3.05) is 7.05 Å². The SMILES string of the molecule is CCC(CC)(CC)NC(=S)NC. The maximum Gasteiger partial charge on any atom is 0.166 e. The summed E-state index contributed by atoms with van der Waals surface area (Å²) in [4.78, 5) is 0. The summed E-state index contributed by atoms with van der Waals surface area (Å²) < 4.78 is 0. The van der Waals surface area contributed by atoms with Gasteiger partial charge >= 0.3 is 0 Å². The summed E-state index contributed by atoms with van der Waals surface area (Å²) in [6.07, 6.45) is 3.34. The molecular formula is C9H20N2S. The van der Waals surface area contributed by atoms with Crippen molar-refractivity contribution < 1.29 is 0 Å². The van der Waals surface area contributed by atoms with Crippen molar-refractivity contribution in [3.8, 4) is 0 Å². The maximum absolute atomic E-state index is 5.08. The fraction of sp³-hybridized carbons (Fsp3) is 0.889. The van der Waals surface area contributed by atoms with Crippen molar-refractivity contribution >= 4 is 17.3 Å². The van der Waals surface area contributed by atoms with Gasteiger partial charge in [-0.3, -0.25) is 0 Å². The molecular weight excluding hydrogens is 168 g/mol. The summed E-state index contributed by atoms with van der Waals surface area (Å²) in [5, 5.41) is 7.04. The van der Waals surface area contributed by atoms with Crippen molar-refractivity contribution in [3.63, 3.8) is 0 Å². The zero-order valence-corrected chi connectivity index (χ0v) is 9.35. The van der Waals surface area contributed by atoms with Crippen molar-refractivity contribution in [2.45, 2.75) is 45.6 Å². The van der Waals surface area contributed by atoms with Gasteiger partial charge in [-0.05, 0) is 31.5 Å². The Morgan fingerprint density at radius 2 is 1.58 bits per heavy atom. The Morgan fingerprint density at radius 3 is 1.83 bits per heavy atom. The Hall–Kier alpha value is -0.310. The first-order valence-electron chi connectivity index (χ1n) is 4.64. The minimum atomic E-state index is 0.195. The summed E-state index contributed by atoms with van der Waals surface area (Å²) in [7, 11) is 1.85. The predicted octanol–water partition coefficient (Wildman–Crippen LogP) is 2.05. The van der Waals surface area contributed by atoms with Gasteiger partial charge in [0.25, 0.3) is 0 Å². The summed E-state index contributed by atoms with van der Waals surface area (Å²) in [6, 6.07) is 0. The highest BCUT2D eigenvalue weighted by atomic mass is 32.1. The molecule has 0 saturated carbocycles. The second kappa shape index (κ2) is 5.36. The van der Waals surface area contributed by atoms with Gasteiger partial charge in [-0.1, -0.05) is 20.8 Å². The van der Waals surface area contributed by atoms with Gasteiger partial charge in [-0.25, -0.2) is 0 Å². The largest absolute Gasteiger partial charge is 0.366 e. The number of nitrogens with one attached hydrogen (secondary N) is 2. The van der Waals surface area contributed by atoms with Crippen LogP contribution in [0.2, 0.25) is 0 Å². The van der Waals surface area contributed by atoms with Gasteiger partial charge in [-0.15, -0.1) is 0 Å². The Kier molecular flexibility index (Phi) is 5.22. The number of thiocarbonyl (C=S) groups is 1. The van der Waals surface area contributed by atoms with Crippen LogP contribution in [0.15, 0.2) is 0 Å². The molecule has 12 heavy (non-hydrogen) atoms. The van der Waals surface area contributed by atoms with E-state index < -0.39 is 0 Å². The lowest BCUT2D eigenvalue weighted by molar-refractivity contribution is 0.339. The summed E-state index contributed by atoms with van der Waals surface area (Å²) in [6.45, 7) is 6.58. The van der Waals surface area contributed by atoms with Gasteiger partial charge in [0.05, 0.1) is 0 Å². The molecule has 0 aromatic rings.